The molecule has 3 rings (SSSR count). The standard InChI is InChI=1S/C22H21NO/c1-17-13-14-20(15-18(17)2)22(24)23(21-11-7-4-8-12-21)16-19-9-5-3-6-10-19/h3-15H,16H2,1-2H3. The van der Waals surface area contributed by atoms with Crippen LogP contribution in [0.15, 0.2) is 78.9 Å². The molecule has 0 aromatic heterocycles. The second-order valence-corrected chi connectivity index (χ2v) is 6.01. The summed E-state index contributed by atoms with van der Waals surface area (Å²) >= 11 is 0. The van der Waals surface area contributed by atoms with Gasteiger partial charge in [-0.05, 0) is 54.8 Å². The maximum atomic E-state index is 13.1. The average molecular weight is 315 g/mol. The van der Waals surface area contributed by atoms with Crippen molar-refractivity contribution < 1.29 is 4.79 Å². The number of rotatable bonds is 4. The van der Waals surface area contributed by atoms with E-state index in [2.05, 4.69) is 6.92 Å². The van der Waals surface area contributed by atoms with E-state index in [1.165, 1.54) is 5.56 Å². The molecule has 0 atom stereocenters. The largest absolute Gasteiger partial charge is 0.304 e. The lowest BCUT2D eigenvalue weighted by atomic mass is 10.0. The Hall–Kier alpha value is -2.87. The van der Waals surface area contributed by atoms with Crippen LogP contribution >= 0.6 is 0 Å². The summed E-state index contributed by atoms with van der Waals surface area (Å²) in [5.41, 5.74) is 5.07. The van der Waals surface area contributed by atoms with E-state index in [4.69, 9.17) is 0 Å². The summed E-state index contributed by atoms with van der Waals surface area (Å²) in [6.07, 6.45) is 0. The zero-order valence-corrected chi connectivity index (χ0v) is 14.1. The maximum Gasteiger partial charge on any atom is 0.258 e. The first kappa shape index (κ1) is 16.0. The van der Waals surface area contributed by atoms with Crippen molar-refractivity contribution in [2.45, 2.75) is 20.4 Å². The molecule has 0 heterocycles. The molecule has 0 spiro atoms. The molecular formula is C22H21NO. The third-order valence-electron chi connectivity index (χ3n) is 4.25. The van der Waals surface area contributed by atoms with Gasteiger partial charge in [-0.1, -0.05) is 54.6 Å². The van der Waals surface area contributed by atoms with Crippen molar-refractivity contribution in [1.82, 2.24) is 0 Å². The van der Waals surface area contributed by atoms with Gasteiger partial charge in [0.2, 0.25) is 0 Å². The number of nitrogens with zero attached hydrogens (tertiary/aromatic N) is 1. The molecule has 0 unspecified atom stereocenters. The number of amides is 1. The monoisotopic (exact) mass is 315 g/mol. The van der Waals surface area contributed by atoms with Gasteiger partial charge >= 0.3 is 0 Å². The molecule has 0 saturated heterocycles. The Morgan fingerprint density at radius 1 is 0.792 bits per heavy atom. The first-order valence-corrected chi connectivity index (χ1v) is 8.13. The molecule has 24 heavy (non-hydrogen) atoms. The minimum Gasteiger partial charge on any atom is -0.304 e. The van der Waals surface area contributed by atoms with E-state index in [0.717, 1.165) is 22.4 Å². The zero-order chi connectivity index (χ0) is 16.9. The third kappa shape index (κ3) is 3.54. The Balaban J connectivity index is 1.97. The average Bonchev–Trinajstić information content (AvgIpc) is 2.63. The molecule has 0 N–H and O–H groups in total. The topological polar surface area (TPSA) is 20.3 Å². The number of hydrogen-bond donors (Lipinski definition) is 0. The van der Waals surface area contributed by atoms with Gasteiger partial charge in [0.15, 0.2) is 0 Å². The van der Waals surface area contributed by atoms with Crippen molar-refractivity contribution in [3.63, 3.8) is 0 Å². The van der Waals surface area contributed by atoms with E-state index in [1.807, 2.05) is 90.7 Å². The fraction of sp³-hybridized carbons (Fsp3) is 0.136. The number of anilines is 1. The van der Waals surface area contributed by atoms with Crippen LogP contribution in [0.2, 0.25) is 0 Å². The summed E-state index contributed by atoms with van der Waals surface area (Å²) in [5.74, 6) is 0.0214. The Morgan fingerprint density at radius 2 is 1.42 bits per heavy atom. The molecule has 3 aromatic rings. The highest BCUT2D eigenvalue weighted by molar-refractivity contribution is 6.06. The van der Waals surface area contributed by atoms with Crippen LogP contribution in [-0.4, -0.2) is 5.91 Å². The molecule has 2 nitrogen and oxygen atoms in total. The summed E-state index contributed by atoms with van der Waals surface area (Å²) in [6, 6.07) is 25.8. The molecule has 120 valence electrons. The lowest BCUT2D eigenvalue weighted by molar-refractivity contribution is 0.0985. The molecule has 0 aliphatic rings. The molecule has 0 saturated carbocycles. The molecule has 0 aliphatic carbocycles. The van der Waals surface area contributed by atoms with Crippen LogP contribution in [0.25, 0.3) is 0 Å². The van der Waals surface area contributed by atoms with Crippen molar-refractivity contribution in [2.24, 2.45) is 0 Å². The van der Waals surface area contributed by atoms with Crippen molar-refractivity contribution in [1.29, 1.82) is 0 Å². The van der Waals surface area contributed by atoms with E-state index in [9.17, 15) is 4.79 Å². The zero-order valence-electron chi connectivity index (χ0n) is 14.1. The summed E-state index contributed by atoms with van der Waals surface area (Å²) in [5, 5.41) is 0. The first-order chi connectivity index (χ1) is 11.6. The van der Waals surface area contributed by atoms with Gasteiger partial charge in [0.1, 0.15) is 0 Å². The van der Waals surface area contributed by atoms with Crippen LogP contribution in [0.4, 0.5) is 5.69 Å². The van der Waals surface area contributed by atoms with Crippen LogP contribution in [0.1, 0.15) is 27.0 Å². The van der Waals surface area contributed by atoms with Crippen LogP contribution in [0.5, 0.6) is 0 Å². The molecule has 3 aromatic carbocycles. The highest BCUT2D eigenvalue weighted by Gasteiger charge is 2.18. The van der Waals surface area contributed by atoms with E-state index in [0.29, 0.717) is 6.54 Å². The molecule has 2 heteroatoms. The fourth-order valence-electron chi connectivity index (χ4n) is 2.68. The fourth-order valence-corrected chi connectivity index (χ4v) is 2.68. The number of benzene rings is 3. The van der Waals surface area contributed by atoms with Gasteiger partial charge in [0.05, 0.1) is 6.54 Å². The Labute approximate surface area is 143 Å². The van der Waals surface area contributed by atoms with Crippen LogP contribution < -0.4 is 4.90 Å². The number of hydrogen-bond acceptors (Lipinski definition) is 1. The lowest BCUT2D eigenvalue weighted by Gasteiger charge is -2.23. The summed E-state index contributed by atoms with van der Waals surface area (Å²) < 4.78 is 0. The Bertz CT molecular complexity index is 825. The first-order valence-electron chi connectivity index (χ1n) is 8.13. The Morgan fingerprint density at radius 3 is 2.04 bits per heavy atom. The van der Waals surface area contributed by atoms with Crippen molar-refractivity contribution in [3.8, 4) is 0 Å². The highest BCUT2D eigenvalue weighted by Crippen LogP contribution is 2.21. The molecule has 0 aliphatic heterocycles. The van der Waals surface area contributed by atoms with Gasteiger partial charge < -0.3 is 4.90 Å². The van der Waals surface area contributed by atoms with Gasteiger partial charge in [0, 0.05) is 11.3 Å². The van der Waals surface area contributed by atoms with Crippen LogP contribution in [0.3, 0.4) is 0 Å². The number of para-hydroxylation sites is 1. The maximum absolute atomic E-state index is 13.1. The van der Waals surface area contributed by atoms with Crippen molar-refractivity contribution in [3.05, 3.63) is 101 Å². The van der Waals surface area contributed by atoms with Crippen LogP contribution in [0, 0.1) is 13.8 Å². The predicted molar refractivity (Wildman–Crippen MR) is 99.3 cm³/mol. The number of aryl methyl sites for hydroxylation is 2. The second-order valence-electron chi connectivity index (χ2n) is 6.01. The molecule has 0 bridgehead atoms. The van der Waals surface area contributed by atoms with Gasteiger partial charge in [0.25, 0.3) is 5.91 Å². The van der Waals surface area contributed by atoms with Crippen molar-refractivity contribution in [2.75, 3.05) is 4.90 Å². The van der Waals surface area contributed by atoms with E-state index in [-0.39, 0.29) is 5.91 Å². The number of carbonyl (C=O) groups is 1. The van der Waals surface area contributed by atoms with Gasteiger partial charge in [-0.15, -0.1) is 0 Å². The lowest BCUT2D eigenvalue weighted by Crippen LogP contribution is -2.30. The van der Waals surface area contributed by atoms with E-state index < -0.39 is 0 Å². The van der Waals surface area contributed by atoms with Gasteiger partial charge in [-0.2, -0.15) is 0 Å². The molecule has 0 radical (unpaired) electrons. The smallest absolute Gasteiger partial charge is 0.258 e. The van der Waals surface area contributed by atoms with Gasteiger partial charge in [-0.3, -0.25) is 4.79 Å². The second kappa shape index (κ2) is 7.14. The SMILES string of the molecule is Cc1ccc(C(=O)N(Cc2ccccc2)c2ccccc2)cc1C. The summed E-state index contributed by atoms with van der Waals surface area (Å²) in [6.45, 7) is 4.65. The third-order valence-corrected chi connectivity index (χ3v) is 4.25. The quantitative estimate of drug-likeness (QED) is 0.652. The normalized spacial score (nSPS) is 10.4. The predicted octanol–water partition coefficient (Wildman–Crippen LogP) is 5.15. The molecule has 0 fully saturated rings. The van der Waals surface area contributed by atoms with E-state index in [1.54, 1.807) is 0 Å². The van der Waals surface area contributed by atoms with E-state index >= 15 is 0 Å². The number of carbonyl (C=O) groups excluding carboxylic acids is 1. The van der Waals surface area contributed by atoms with Gasteiger partial charge in [-0.25, -0.2) is 0 Å². The minimum atomic E-state index is 0.0214. The molecular weight excluding hydrogens is 294 g/mol. The van der Waals surface area contributed by atoms with Crippen LogP contribution in [-0.2, 0) is 6.54 Å². The minimum absolute atomic E-state index is 0.0214. The molecule has 1 amide bonds. The Kier molecular flexibility index (Phi) is 4.76. The summed E-state index contributed by atoms with van der Waals surface area (Å²) in [4.78, 5) is 15.0. The van der Waals surface area contributed by atoms with Crippen molar-refractivity contribution >= 4 is 11.6 Å². The summed E-state index contributed by atoms with van der Waals surface area (Å²) in [7, 11) is 0. The highest BCUT2D eigenvalue weighted by atomic mass is 16.2.